The molecule has 2 aliphatic rings. The predicted molar refractivity (Wildman–Crippen MR) is 135 cm³/mol. The molecule has 0 aliphatic carbocycles. The number of morpholine rings is 1. The minimum absolute atomic E-state index is 0.134. The third-order valence-corrected chi connectivity index (χ3v) is 7.91. The summed E-state index contributed by atoms with van der Waals surface area (Å²) in [6.07, 6.45) is -1.01. The zero-order chi connectivity index (χ0) is 24.4. The zero-order valence-electron chi connectivity index (χ0n) is 19.4. The number of carbonyl (C=O) groups is 1. The lowest BCUT2D eigenvalue weighted by molar-refractivity contribution is -0.122. The minimum atomic E-state index is -3.89. The highest BCUT2D eigenvalue weighted by Crippen LogP contribution is 2.38. The lowest BCUT2D eigenvalue weighted by Gasteiger charge is -2.35. The van der Waals surface area contributed by atoms with E-state index in [1.807, 2.05) is 37.3 Å². The SMILES string of the molecule is Cc1ccc2c(c1)OC(C(=O)Nc1ccc(N3CCOCC3)cc1)CN2S(=O)(=O)c1ccccc1. The lowest BCUT2D eigenvalue weighted by Crippen LogP contribution is -2.48. The summed E-state index contributed by atoms with van der Waals surface area (Å²) in [4.78, 5) is 15.6. The fourth-order valence-electron chi connectivity index (χ4n) is 4.24. The first kappa shape index (κ1) is 23.2. The Morgan fingerprint density at radius 1 is 0.971 bits per heavy atom. The number of aryl methyl sites for hydroxylation is 1. The van der Waals surface area contributed by atoms with Gasteiger partial charge in [-0.15, -0.1) is 0 Å². The first-order chi connectivity index (χ1) is 16.9. The van der Waals surface area contributed by atoms with Crippen molar-refractivity contribution < 1.29 is 22.7 Å². The molecule has 9 heteroatoms. The molecule has 0 aromatic heterocycles. The molecule has 3 aromatic carbocycles. The third kappa shape index (κ3) is 4.82. The molecule has 1 amide bonds. The average molecular weight is 494 g/mol. The topological polar surface area (TPSA) is 88.2 Å². The molecule has 1 fully saturated rings. The molecule has 2 heterocycles. The second-order valence-electron chi connectivity index (χ2n) is 8.56. The van der Waals surface area contributed by atoms with Crippen LogP contribution in [0.3, 0.4) is 0 Å². The Bertz CT molecular complexity index is 1310. The first-order valence-electron chi connectivity index (χ1n) is 11.5. The number of nitrogens with zero attached hydrogens (tertiary/aromatic N) is 2. The largest absolute Gasteiger partial charge is 0.476 e. The minimum Gasteiger partial charge on any atom is -0.476 e. The molecule has 2 aliphatic heterocycles. The average Bonchev–Trinajstić information content (AvgIpc) is 2.89. The Hall–Kier alpha value is -3.56. The standard InChI is InChI=1S/C26H27N3O5S/c1-19-7-12-23-24(17-19)34-25(18-29(23)35(31,32)22-5-3-2-4-6-22)26(30)27-20-8-10-21(11-9-20)28-13-15-33-16-14-28/h2-12,17,25H,13-16,18H2,1H3,(H,27,30). The molecule has 1 N–H and O–H groups in total. The lowest BCUT2D eigenvalue weighted by atomic mass is 10.1. The number of fused-ring (bicyclic) bond motifs is 1. The van der Waals surface area contributed by atoms with Crippen molar-refractivity contribution >= 4 is 33.0 Å². The van der Waals surface area contributed by atoms with E-state index < -0.39 is 22.0 Å². The van der Waals surface area contributed by atoms with Gasteiger partial charge >= 0.3 is 0 Å². The van der Waals surface area contributed by atoms with Gasteiger partial charge in [-0.1, -0.05) is 24.3 Å². The summed E-state index contributed by atoms with van der Waals surface area (Å²) in [5, 5.41) is 2.87. The predicted octanol–water partition coefficient (Wildman–Crippen LogP) is 3.43. The quantitative estimate of drug-likeness (QED) is 0.586. The second-order valence-corrected chi connectivity index (χ2v) is 10.4. The van der Waals surface area contributed by atoms with Crippen molar-refractivity contribution in [2.45, 2.75) is 17.9 Å². The van der Waals surface area contributed by atoms with Gasteiger partial charge < -0.3 is 19.7 Å². The fraction of sp³-hybridized carbons (Fsp3) is 0.269. The number of hydrogen-bond acceptors (Lipinski definition) is 6. The molecular weight excluding hydrogens is 466 g/mol. The van der Waals surface area contributed by atoms with Gasteiger partial charge in [0.1, 0.15) is 5.75 Å². The summed E-state index contributed by atoms with van der Waals surface area (Å²) in [5.74, 6) is -0.0527. The van der Waals surface area contributed by atoms with Crippen molar-refractivity contribution in [3.63, 3.8) is 0 Å². The first-order valence-corrected chi connectivity index (χ1v) is 12.9. The number of anilines is 3. The van der Waals surface area contributed by atoms with E-state index >= 15 is 0 Å². The van der Waals surface area contributed by atoms with Crippen LogP contribution < -0.4 is 19.3 Å². The number of amides is 1. The molecule has 0 saturated carbocycles. The molecule has 182 valence electrons. The van der Waals surface area contributed by atoms with E-state index in [1.165, 1.54) is 4.31 Å². The van der Waals surface area contributed by atoms with Crippen molar-refractivity contribution in [3.05, 3.63) is 78.4 Å². The number of carbonyl (C=O) groups excluding carboxylic acids is 1. The van der Waals surface area contributed by atoms with Gasteiger partial charge in [-0.25, -0.2) is 8.42 Å². The van der Waals surface area contributed by atoms with Crippen LogP contribution in [0.2, 0.25) is 0 Å². The summed E-state index contributed by atoms with van der Waals surface area (Å²) in [5.41, 5.74) is 2.99. The molecule has 1 atom stereocenters. The van der Waals surface area contributed by atoms with Gasteiger partial charge in [-0.05, 0) is 61.0 Å². The van der Waals surface area contributed by atoms with Gasteiger partial charge in [0.05, 0.1) is 30.3 Å². The van der Waals surface area contributed by atoms with Crippen molar-refractivity contribution in [2.24, 2.45) is 0 Å². The van der Waals surface area contributed by atoms with Crippen LogP contribution in [0.25, 0.3) is 0 Å². The number of sulfonamides is 1. The Balaban J connectivity index is 1.37. The van der Waals surface area contributed by atoms with Crippen molar-refractivity contribution in [1.82, 2.24) is 0 Å². The Morgan fingerprint density at radius 3 is 2.40 bits per heavy atom. The van der Waals surface area contributed by atoms with Crippen molar-refractivity contribution in [3.8, 4) is 5.75 Å². The number of rotatable bonds is 5. The molecule has 0 radical (unpaired) electrons. The number of hydrogen-bond donors (Lipinski definition) is 1. The molecule has 35 heavy (non-hydrogen) atoms. The maximum absolute atomic E-state index is 13.5. The van der Waals surface area contributed by atoms with E-state index in [0.717, 1.165) is 24.3 Å². The van der Waals surface area contributed by atoms with Crippen LogP contribution >= 0.6 is 0 Å². The van der Waals surface area contributed by atoms with Gasteiger partial charge in [0.2, 0.25) is 0 Å². The zero-order valence-corrected chi connectivity index (χ0v) is 20.2. The van der Waals surface area contributed by atoms with Crippen molar-refractivity contribution in [2.75, 3.05) is 47.4 Å². The van der Waals surface area contributed by atoms with E-state index in [9.17, 15) is 13.2 Å². The summed E-state index contributed by atoms with van der Waals surface area (Å²) in [6.45, 7) is 4.80. The summed E-state index contributed by atoms with van der Waals surface area (Å²) in [6, 6.07) is 21.1. The van der Waals surface area contributed by atoms with Crippen LogP contribution in [0.15, 0.2) is 77.7 Å². The summed E-state index contributed by atoms with van der Waals surface area (Å²) < 4.78 is 39.6. The van der Waals surface area contributed by atoms with Crippen LogP contribution in [0, 0.1) is 6.92 Å². The Labute approximate surface area is 205 Å². The second kappa shape index (κ2) is 9.59. The maximum Gasteiger partial charge on any atom is 0.267 e. The van der Waals surface area contributed by atoms with E-state index in [4.69, 9.17) is 9.47 Å². The molecule has 5 rings (SSSR count). The third-order valence-electron chi connectivity index (χ3n) is 6.12. The van der Waals surface area contributed by atoms with Gasteiger partial charge in [-0.3, -0.25) is 9.10 Å². The van der Waals surface area contributed by atoms with Gasteiger partial charge in [-0.2, -0.15) is 0 Å². The van der Waals surface area contributed by atoms with Crippen LogP contribution in [0.5, 0.6) is 5.75 Å². The van der Waals surface area contributed by atoms with Gasteiger partial charge in [0.25, 0.3) is 15.9 Å². The van der Waals surface area contributed by atoms with Gasteiger partial charge in [0.15, 0.2) is 6.10 Å². The van der Waals surface area contributed by atoms with Crippen LogP contribution in [-0.4, -0.2) is 53.3 Å². The fourth-order valence-corrected chi connectivity index (χ4v) is 5.74. The number of nitrogens with one attached hydrogen (secondary N) is 1. The molecule has 1 unspecified atom stereocenters. The normalized spacial score (nSPS) is 17.9. The highest BCUT2D eigenvalue weighted by molar-refractivity contribution is 7.92. The van der Waals surface area contributed by atoms with E-state index in [1.54, 1.807) is 42.5 Å². The highest BCUT2D eigenvalue weighted by Gasteiger charge is 2.37. The monoisotopic (exact) mass is 493 g/mol. The van der Waals surface area contributed by atoms with Crippen LogP contribution in [-0.2, 0) is 19.6 Å². The molecule has 0 bridgehead atoms. The van der Waals surface area contributed by atoms with Crippen molar-refractivity contribution in [1.29, 1.82) is 0 Å². The summed E-state index contributed by atoms with van der Waals surface area (Å²) in [7, 11) is -3.89. The maximum atomic E-state index is 13.5. The molecule has 0 spiro atoms. The molecular formula is C26H27N3O5S. The molecule has 1 saturated heterocycles. The highest BCUT2D eigenvalue weighted by atomic mass is 32.2. The summed E-state index contributed by atoms with van der Waals surface area (Å²) >= 11 is 0. The molecule has 8 nitrogen and oxygen atoms in total. The van der Waals surface area contributed by atoms with E-state index in [-0.39, 0.29) is 11.4 Å². The smallest absolute Gasteiger partial charge is 0.267 e. The molecule has 3 aromatic rings. The van der Waals surface area contributed by atoms with Gasteiger partial charge in [0, 0.05) is 24.5 Å². The number of benzene rings is 3. The number of ether oxygens (including phenoxy) is 2. The van der Waals surface area contributed by atoms with Crippen LogP contribution in [0.1, 0.15) is 5.56 Å². The van der Waals surface area contributed by atoms with Crippen LogP contribution in [0.4, 0.5) is 17.1 Å². The van der Waals surface area contributed by atoms with E-state index in [2.05, 4.69) is 10.2 Å². The van der Waals surface area contributed by atoms with E-state index in [0.29, 0.717) is 30.3 Å². The Morgan fingerprint density at radius 2 is 1.69 bits per heavy atom. The Kier molecular flexibility index (Phi) is 6.36.